The Hall–Kier alpha value is -4.80. The van der Waals surface area contributed by atoms with Crippen molar-refractivity contribution in [3.8, 4) is 5.75 Å². The highest BCUT2D eigenvalue weighted by Crippen LogP contribution is 2.24. The van der Waals surface area contributed by atoms with Crippen molar-refractivity contribution in [1.82, 2.24) is 15.0 Å². The summed E-state index contributed by atoms with van der Waals surface area (Å²) in [5.41, 5.74) is 0.770. The predicted molar refractivity (Wildman–Crippen MR) is 129 cm³/mol. The number of benzene rings is 3. The summed E-state index contributed by atoms with van der Waals surface area (Å²) < 4.78 is 33.5. The quantitative estimate of drug-likeness (QED) is 0.275. The van der Waals surface area contributed by atoms with Gasteiger partial charge in [0, 0.05) is 0 Å². The maximum Gasteiger partial charge on any atom is 0.243 e. The van der Waals surface area contributed by atoms with E-state index in [0.717, 1.165) is 0 Å². The molecule has 1 heterocycles. The van der Waals surface area contributed by atoms with E-state index in [0.29, 0.717) is 11.4 Å². The third kappa shape index (κ3) is 6.16. The van der Waals surface area contributed by atoms with Crippen LogP contribution in [0.2, 0.25) is 0 Å². The maximum atomic E-state index is 14.1. The molecule has 0 aliphatic heterocycles. The molecule has 0 atom stereocenters. The van der Waals surface area contributed by atoms with Crippen LogP contribution in [0.5, 0.6) is 5.75 Å². The average Bonchev–Trinajstić information content (AvgIpc) is 2.86. The summed E-state index contributed by atoms with van der Waals surface area (Å²) in [6, 6.07) is 18.9. The number of para-hydroxylation sites is 4. The molecule has 35 heavy (non-hydrogen) atoms. The smallest absolute Gasteiger partial charge is 0.243 e. The van der Waals surface area contributed by atoms with Crippen molar-refractivity contribution in [2.75, 3.05) is 34.9 Å². The Bertz CT molecular complexity index is 1270. The van der Waals surface area contributed by atoms with Crippen molar-refractivity contribution >= 4 is 40.8 Å². The van der Waals surface area contributed by atoms with Gasteiger partial charge in [0.2, 0.25) is 23.8 Å². The Balaban J connectivity index is 1.54. The van der Waals surface area contributed by atoms with Gasteiger partial charge in [-0.05, 0) is 36.4 Å². The summed E-state index contributed by atoms with van der Waals surface area (Å²) in [5, 5.41) is 11.1. The summed E-state index contributed by atoms with van der Waals surface area (Å²) in [6.45, 7) is -0.194. The van der Waals surface area contributed by atoms with Crippen molar-refractivity contribution in [3.05, 3.63) is 84.4 Å². The Morgan fingerprint density at radius 2 is 1.23 bits per heavy atom. The zero-order valence-electron chi connectivity index (χ0n) is 18.5. The number of carbonyl (C=O) groups excluding carboxylic acids is 1. The monoisotopic (exact) mass is 477 g/mol. The lowest BCUT2D eigenvalue weighted by Crippen LogP contribution is -2.23. The first-order valence-corrected chi connectivity index (χ1v) is 10.5. The SMILES string of the molecule is COc1ccccc1NC(=O)CNc1nc(Nc2ccccc2F)nc(Nc2ccccc2F)n1. The minimum absolute atomic E-state index is 0.00727. The fourth-order valence-corrected chi connectivity index (χ4v) is 3.03. The molecule has 3 aromatic carbocycles. The number of nitrogens with zero attached hydrogens (tertiary/aromatic N) is 3. The molecule has 1 amide bonds. The van der Waals surface area contributed by atoms with Crippen molar-refractivity contribution in [2.24, 2.45) is 0 Å². The van der Waals surface area contributed by atoms with Gasteiger partial charge in [0.15, 0.2) is 0 Å². The van der Waals surface area contributed by atoms with E-state index in [1.807, 2.05) is 0 Å². The van der Waals surface area contributed by atoms with Gasteiger partial charge in [-0.2, -0.15) is 15.0 Å². The minimum atomic E-state index is -0.512. The van der Waals surface area contributed by atoms with E-state index < -0.39 is 11.6 Å². The van der Waals surface area contributed by atoms with E-state index in [1.54, 1.807) is 48.5 Å². The van der Waals surface area contributed by atoms with E-state index >= 15 is 0 Å². The molecule has 0 saturated heterocycles. The molecule has 0 saturated carbocycles. The number of hydrogen-bond donors (Lipinski definition) is 4. The zero-order valence-corrected chi connectivity index (χ0v) is 18.5. The van der Waals surface area contributed by atoms with Crippen LogP contribution in [0, 0.1) is 11.6 Å². The van der Waals surface area contributed by atoms with Crippen LogP contribution < -0.4 is 26.0 Å². The van der Waals surface area contributed by atoms with E-state index in [9.17, 15) is 13.6 Å². The van der Waals surface area contributed by atoms with Crippen LogP contribution >= 0.6 is 0 Å². The number of halogens is 2. The molecule has 0 spiro atoms. The second kappa shape index (κ2) is 10.9. The number of nitrogens with one attached hydrogen (secondary N) is 4. The van der Waals surface area contributed by atoms with Crippen LogP contribution in [-0.4, -0.2) is 34.5 Å². The van der Waals surface area contributed by atoms with E-state index in [-0.39, 0.29) is 41.7 Å². The highest BCUT2D eigenvalue weighted by molar-refractivity contribution is 5.94. The number of methoxy groups -OCH3 is 1. The summed E-state index contributed by atoms with van der Waals surface area (Å²) in [6.07, 6.45) is 0. The van der Waals surface area contributed by atoms with Crippen LogP contribution in [-0.2, 0) is 4.79 Å². The number of rotatable bonds is 9. The third-order valence-corrected chi connectivity index (χ3v) is 4.66. The van der Waals surface area contributed by atoms with E-state index in [1.165, 1.54) is 31.4 Å². The molecule has 0 aliphatic rings. The number of ether oxygens (including phenoxy) is 1. The number of carbonyl (C=O) groups is 1. The molecule has 1 aromatic heterocycles. The number of hydrogen-bond acceptors (Lipinski definition) is 8. The first-order valence-electron chi connectivity index (χ1n) is 10.5. The lowest BCUT2D eigenvalue weighted by molar-refractivity contribution is -0.114. The highest BCUT2D eigenvalue weighted by atomic mass is 19.1. The Morgan fingerprint density at radius 3 is 1.77 bits per heavy atom. The van der Waals surface area contributed by atoms with Crippen molar-refractivity contribution in [1.29, 1.82) is 0 Å². The molecule has 0 bridgehead atoms. The van der Waals surface area contributed by atoms with Gasteiger partial charge in [0.1, 0.15) is 17.4 Å². The minimum Gasteiger partial charge on any atom is -0.495 e. The van der Waals surface area contributed by atoms with Crippen molar-refractivity contribution in [3.63, 3.8) is 0 Å². The first kappa shape index (κ1) is 23.4. The largest absolute Gasteiger partial charge is 0.495 e. The molecule has 9 nitrogen and oxygen atoms in total. The van der Waals surface area contributed by atoms with Crippen LogP contribution in [0.1, 0.15) is 0 Å². The Morgan fingerprint density at radius 1 is 0.743 bits per heavy atom. The van der Waals surface area contributed by atoms with Gasteiger partial charge in [-0.25, -0.2) is 8.78 Å². The standard InChI is InChI=1S/C24H21F2N7O2/c1-35-20-13-7-6-12-19(20)28-21(34)14-27-22-31-23(29-17-10-4-2-8-15(17)25)33-24(32-22)30-18-11-5-3-9-16(18)26/h2-13H,14H2,1H3,(H,28,34)(H3,27,29,30,31,32,33). The van der Waals surface area contributed by atoms with E-state index in [4.69, 9.17) is 4.74 Å². The number of anilines is 6. The zero-order chi connectivity index (χ0) is 24.6. The highest BCUT2D eigenvalue weighted by Gasteiger charge is 2.13. The predicted octanol–water partition coefficient (Wildman–Crippen LogP) is 4.70. The van der Waals surface area contributed by atoms with Gasteiger partial charge in [0.05, 0.1) is 30.7 Å². The summed E-state index contributed by atoms with van der Waals surface area (Å²) in [4.78, 5) is 25.0. The summed E-state index contributed by atoms with van der Waals surface area (Å²) in [5.74, 6) is -0.929. The van der Waals surface area contributed by atoms with E-state index in [2.05, 4.69) is 36.2 Å². The fourth-order valence-electron chi connectivity index (χ4n) is 3.03. The second-order valence-electron chi connectivity index (χ2n) is 7.12. The van der Waals surface area contributed by atoms with Crippen molar-refractivity contribution < 1.29 is 18.3 Å². The average molecular weight is 477 g/mol. The molecule has 0 radical (unpaired) electrons. The molecule has 178 valence electrons. The summed E-state index contributed by atoms with van der Waals surface area (Å²) in [7, 11) is 1.50. The van der Waals surface area contributed by atoms with Crippen LogP contribution in [0.4, 0.5) is 43.7 Å². The molecule has 4 N–H and O–H groups in total. The van der Waals surface area contributed by atoms with Gasteiger partial charge < -0.3 is 26.0 Å². The molecule has 0 unspecified atom stereocenters. The Kier molecular flexibility index (Phi) is 7.26. The fraction of sp³-hybridized carbons (Fsp3) is 0.0833. The van der Waals surface area contributed by atoms with Crippen LogP contribution in [0.15, 0.2) is 72.8 Å². The number of amides is 1. The van der Waals surface area contributed by atoms with Crippen LogP contribution in [0.3, 0.4) is 0 Å². The topological polar surface area (TPSA) is 113 Å². The molecule has 11 heteroatoms. The maximum absolute atomic E-state index is 14.1. The molecule has 0 aliphatic carbocycles. The molecular weight excluding hydrogens is 456 g/mol. The summed E-state index contributed by atoms with van der Waals surface area (Å²) >= 11 is 0. The third-order valence-electron chi connectivity index (χ3n) is 4.66. The molecular formula is C24H21F2N7O2. The molecule has 4 aromatic rings. The molecule has 4 rings (SSSR count). The van der Waals surface area contributed by atoms with Gasteiger partial charge in [-0.3, -0.25) is 4.79 Å². The number of aromatic nitrogens is 3. The van der Waals surface area contributed by atoms with Gasteiger partial charge in [-0.15, -0.1) is 0 Å². The Labute approximate surface area is 199 Å². The van der Waals surface area contributed by atoms with Gasteiger partial charge in [0.25, 0.3) is 0 Å². The second-order valence-corrected chi connectivity index (χ2v) is 7.12. The van der Waals surface area contributed by atoms with Gasteiger partial charge >= 0.3 is 0 Å². The lowest BCUT2D eigenvalue weighted by atomic mass is 10.3. The van der Waals surface area contributed by atoms with Crippen LogP contribution in [0.25, 0.3) is 0 Å². The van der Waals surface area contributed by atoms with Gasteiger partial charge in [-0.1, -0.05) is 36.4 Å². The first-order chi connectivity index (χ1) is 17.0. The van der Waals surface area contributed by atoms with Crippen molar-refractivity contribution in [2.45, 2.75) is 0 Å². The normalized spacial score (nSPS) is 10.4. The lowest BCUT2D eigenvalue weighted by Gasteiger charge is -2.13. The molecule has 0 fully saturated rings.